The van der Waals surface area contributed by atoms with Crippen molar-refractivity contribution in [3.05, 3.63) is 60.2 Å². The van der Waals surface area contributed by atoms with E-state index < -0.39 is 0 Å². The fourth-order valence-corrected chi connectivity index (χ4v) is 3.54. The number of aromatic nitrogens is 2. The second-order valence-electron chi connectivity index (χ2n) is 6.15. The quantitative estimate of drug-likeness (QED) is 0.504. The van der Waals surface area contributed by atoms with Crippen molar-refractivity contribution in [1.29, 1.82) is 0 Å². The standard InChI is InChI=1S/C18H24N2.2ClH/c1-19-12-6-16(7-13-19)18(10-4-3-5-11-18)17-8-14-20(2)15-9-17;;/h6-9,12-15H,3-5,10-11H2,1-2H3;2*1H/q+2;;/p-2. The molecule has 1 aliphatic rings. The predicted molar refractivity (Wildman–Crippen MR) is 79.1 cm³/mol. The summed E-state index contributed by atoms with van der Waals surface area (Å²) in [5.41, 5.74) is 3.18. The Hall–Kier alpha value is -1.12. The minimum atomic E-state index is 0. The van der Waals surface area contributed by atoms with Gasteiger partial charge in [0, 0.05) is 29.7 Å². The van der Waals surface area contributed by atoms with Crippen molar-refractivity contribution in [2.45, 2.75) is 37.5 Å². The second-order valence-corrected chi connectivity index (χ2v) is 6.15. The zero-order chi connectivity index (χ0) is 14.0. The molecule has 2 nitrogen and oxygen atoms in total. The summed E-state index contributed by atoms with van der Waals surface area (Å²) in [5, 5.41) is 0. The molecule has 0 N–H and O–H groups in total. The van der Waals surface area contributed by atoms with Gasteiger partial charge in [-0.2, -0.15) is 0 Å². The van der Waals surface area contributed by atoms with Gasteiger partial charge in [-0.25, -0.2) is 9.13 Å². The molecule has 1 saturated carbocycles. The van der Waals surface area contributed by atoms with Gasteiger partial charge in [0.25, 0.3) is 0 Å². The first-order chi connectivity index (χ1) is 9.71. The van der Waals surface area contributed by atoms with Gasteiger partial charge >= 0.3 is 0 Å². The van der Waals surface area contributed by atoms with Crippen LogP contribution < -0.4 is 33.9 Å². The average Bonchev–Trinajstić information content (AvgIpc) is 2.49. The smallest absolute Gasteiger partial charge is 0.168 e. The van der Waals surface area contributed by atoms with Gasteiger partial charge in [0.1, 0.15) is 14.1 Å². The maximum absolute atomic E-state index is 2.30. The average molecular weight is 339 g/mol. The van der Waals surface area contributed by atoms with Crippen molar-refractivity contribution in [1.82, 2.24) is 0 Å². The molecule has 0 unspecified atom stereocenters. The fraction of sp³-hybridized carbons (Fsp3) is 0.444. The summed E-state index contributed by atoms with van der Waals surface area (Å²) in [5.74, 6) is 0. The number of hydrogen-bond donors (Lipinski definition) is 0. The molecular weight excluding hydrogens is 315 g/mol. The van der Waals surface area contributed by atoms with E-state index in [9.17, 15) is 0 Å². The van der Waals surface area contributed by atoms with Crippen LogP contribution in [0.25, 0.3) is 0 Å². The molecule has 0 saturated heterocycles. The maximum atomic E-state index is 2.30. The van der Waals surface area contributed by atoms with Crippen molar-refractivity contribution in [3.8, 4) is 0 Å². The minimum absolute atomic E-state index is 0. The lowest BCUT2D eigenvalue weighted by Crippen LogP contribution is -3.00. The van der Waals surface area contributed by atoms with Gasteiger partial charge in [-0.15, -0.1) is 0 Å². The van der Waals surface area contributed by atoms with Crippen LogP contribution in [0.5, 0.6) is 0 Å². The zero-order valence-corrected chi connectivity index (χ0v) is 14.8. The Bertz CT molecular complexity index is 526. The third kappa shape index (κ3) is 3.61. The first-order valence-corrected chi connectivity index (χ1v) is 7.62. The third-order valence-corrected chi connectivity index (χ3v) is 4.77. The summed E-state index contributed by atoms with van der Waals surface area (Å²) in [6.45, 7) is 0. The van der Waals surface area contributed by atoms with E-state index in [1.54, 1.807) is 0 Å². The van der Waals surface area contributed by atoms with E-state index in [2.05, 4.69) is 72.3 Å². The van der Waals surface area contributed by atoms with E-state index in [4.69, 9.17) is 0 Å². The Kier molecular flexibility index (Phi) is 6.83. The third-order valence-electron chi connectivity index (χ3n) is 4.77. The summed E-state index contributed by atoms with van der Waals surface area (Å²) in [4.78, 5) is 0. The lowest BCUT2D eigenvalue weighted by Gasteiger charge is -2.37. The van der Waals surface area contributed by atoms with Crippen molar-refractivity contribution in [2.75, 3.05) is 0 Å². The van der Waals surface area contributed by atoms with Gasteiger partial charge < -0.3 is 24.8 Å². The van der Waals surface area contributed by atoms with E-state index in [1.165, 1.54) is 43.2 Å². The summed E-state index contributed by atoms with van der Waals surface area (Å²) in [6.07, 6.45) is 15.3. The van der Waals surface area contributed by atoms with Crippen LogP contribution >= 0.6 is 0 Å². The van der Waals surface area contributed by atoms with Crippen LogP contribution in [0.3, 0.4) is 0 Å². The van der Waals surface area contributed by atoms with Crippen LogP contribution in [0.1, 0.15) is 43.2 Å². The molecular formula is C18H24Cl2N2. The molecule has 0 bridgehead atoms. The van der Waals surface area contributed by atoms with Crippen LogP contribution in [0.2, 0.25) is 0 Å². The molecule has 0 atom stereocenters. The first-order valence-electron chi connectivity index (χ1n) is 7.62. The molecule has 0 amide bonds. The predicted octanol–water partition coefficient (Wildman–Crippen LogP) is -3.41. The molecule has 120 valence electrons. The Labute approximate surface area is 146 Å². The monoisotopic (exact) mass is 338 g/mol. The Balaban J connectivity index is 0.00000121. The lowest BCUT2D eigenvalue weighted by molar-refractivity contribution is -0.671. The van der Waals surface area contributed by atoms with E-state index in [-0.39, 0.29) is 30.2 Å². The Morgan fingerprint density at radius 2 is 1.05 bits per heavy atom. The van der Waals surface area contributed by atoms with E-state index in [0.717, 1.165) is 0 Å². The molecule has 4 heteroatoms. The first kappa shape index (κ1) is 18.9. The van der Waals surface area contributed by atoms with Crippen LogP contribution in [-0.4, -0.2) is 0 Å². The highest BCUT2D eigenvalue weighted by Gasteiger charge is 2.36. The minimum Gasteiger partial charge on any atom is -1.00 e. The van der Waals surface area contributed by atoms with E-state index in [1.807, 2.05) is 0 Å². The second kappa shape index (κ2) is 7.94. The summed E-state index contributed by atoms with van der Waals surface area (Å²) in [6, 6.07) is 9.22. The topological polar surface area (TPSA) is 7.76 Å². The highest BCUT2D eigenvalue weighted by atomic mass is 35.5. The number of nitrogens with zero attached hydrogens (tertiary/aromatic N) is 2. The van der Waals surface area contributed by atoms with Crippen LogP contribution in [-0.2, 0) is 19.5 Å². The molecule has 0 spiro atoms. The summed E-state index contributed by atoms with van der Waals surface area (Å²) < 4.78 is 4.23. The Morgan fingerprint density at radius 3 is 1.41 bits per heavy atom. The van der Waals surface area contributed by atoms with E-state index in [0.29, 0.717) is 0 Å². The summed E-state index contributed by atoms with van der Waals surface area (Å²) in [7, 11) is 4.17. The molecule has 0 aromatic carbocycles. The van der Waals surface area contributed by atoms with Crippen LogP contribution in [0, 0.1) is 0 Å². The molecule has 22 heavy (non-hydrogen) atoms. The maximum Gasteiger partial charge on any atom is 0.168 e. The van der Waals surface area contributed by atoms with Gasteiger partial charge in [0.2, 0.25) is 0 Å². The van der Waals surface area contributed by atoms with Gasteiger partial charge in [-0.05, 0) is 24.0 Å². The molecule has 0 aliphatic heterocycles. The van der Waals surface area contributed by atoms with Crippen molar-refractivity contribution >= 4 is 0 Å². The van der Waals surface area contributed by atoms with Crippen molar-refractivity contribution in [2.24, 2.45) is 14.1 Å². The highest BCUT2D eigenvalue weighted by molar-refractivity contribution is 5.37. The molecule has 2 aromatic heterocycles. The van der Waals surface area contributed by atoms with E-state index >= 15 is 0 Å². The van der Waals surface area contributed by atoms with Crippen molar-refractivity contribution in [3.63, 3.8) is 0 Å². The van der Waals surface area contributed by atoms with Gasteiger partial charge in [0.05, 0.1) is 0 Å². The zero-order valence-electron chi connectivity index (χ0n) is 13.3. The largest absolute Gasteiger partial charge is 1.00 e. The SMILES string of the molecule is C[n+]1ccc(C2(c3cc[n+](C)cc3)CCCCC2)cc1.[Cl-].[Cl-]. The summed E-state index contributed by atoms with van der Waals surface area (Å²) >= 11 is 0. The van der Waals surface area contributed by atoms with Crippen LogP contribution in [0.4, 0.5) is 0 Å². The normalized spacial score (nSPS) is 16.3. The molecule has 2 heterocycles. The van der Waals surface area contributed by atoms with Gasteiger partial charge in [0.15, 0.2) is 24.8 Å². The fourth-order valence-electron chi connectivity index (χ4n) is 3.54. The van der Waals surface area contributed by atoms with Gasteiger partial charge in [-0.1, -0.05) is 19.3 Å². The molecule has 2 aromatic rings. The van der Waals surface area contributed by atoms with Crippen LogP contribution in [0.15, 0.2) is 49.1 Å². The molecule has 1 aliphatic carbocycles. The molecule has 0 radical (unpaired) electrons. The highest BCUT2D eigenvalue weighted by Crippen LogP contribution is 2.44. The van der Waals surface area contributed by atoms with Crippen molar-refractivity contribution < 1.29 is 33.9 Å². The number of rotatable bonds is 2. The molecule has 3 rings (SSSR count). The van der Waals surface area contributed by atoms with Gasteiger partial charge in [-0.3, -0.25) is 0 Å². The number of aryl methyl sites for hydroxylation is 2. The molecule has 1 fully saturated rings. The number of halogens is 2. The number of pyridine rings is 2. The lowest BCUT2D eigenvalue weighted by atomic mass is 9.66. The Morgan fingerprint density at radius 1 is 0.682 bits per heavy atom. The number of hydrogen-bond acceptors (Lipinski definition) is 0.